The molecule has 1 heterocycles. The van der Waals surface area contributed by atoms with Gasteiger partial charge < -0.3 is 10.1 Å². The number of amides is 1. The summed E-state index contributed by atoms with van der Waals surface area (Å²) in [6.45, 7) is 10.9. The molecule has 2 rings (SSSR count). The van der Waals surface area contributed by atoms with Crippen molar-refractivity contribution in [3.63, 3.8) is 0 Å². The summed E-state index contributed by atoms with van der Waals surface area (Å²) >= 11 is 0. The molecule has 0 atom stereocenters. The monoisotopic (exact) mass is 357 g/mol. The van der Waals surface area contributed by atoms with E-state index in [-0.39, 0.29) is 18.0 Å². The Morgan fingerprint density at radius 3 is 2.38 bits per heavy atom. The molecule has 0 bridgehead atoms. The normalized spacial score (nSPS) is 10.7. The standard InChI is InChI=1S/C20H27N3O3/c1-13-10-14(2)19(15(3)11-13)26-9-7-21-18(24)6-8-23-17(5)12-16(4)22-20(23)25/h10-12H,6-9H2,1-5H3,(H,21,24). The lowest BCUT2D eigenvalue weighted by atomic mass is 10.1. The quantitative estimate of drug-likeness (QED) is 0.772. The topological polar surface area (TPSA) is 73.2 Å². The third kappa shape index (κ3) is 5.18. The maximum atomic E-state index is 12.0. The molecule has 26 heavy (non-hydrogen) atoms. The third-order valence-electron chi connectivity index (χ3n) is 4.18. The predicted octanol–water partition coefficient (Wildman–Crippen LogP) is 2.37. The minimum atomic E-state index is -0.316. The molecule has 0 aliphatic carbocycles. The van der Waals surface area contributed by atoms with Gasteiger partial charge in [0.1, 0.15) is 12.4 Å². The number of carbonyl (C=O) groups is 1. The largest absolute Gasteiger partial charge is 0.491 e. The lowest BCUT2D eigenvalue weighted by Crippen LogP contribution is -2.31. The van der Waals surface area contributed by atoms with Crippen LogP contribution in [-0.2, 0) is 11.3 Å². The molecule has 6 heteroatoms. The van der Waals surface area contributed by atoms with Gasteiger partial charge in [-0.25, -0.2) is 4.79 Å². The Bertz CT molecular complexity index is 833. The highest BCUT2D eigenvalue weighted by Crippen LogP contribution is 2.24. The fraction of sp³-hybridized carbons (Fsp3) is 0.450. The van der Waals surface area contributed by atoms with Crippen molar-refractivity contribution < 1.29 is 9.53 Å². The SMILES string of the molecule is Cc1cc(C)c(OCCNC(=O)CCn2c(C)cc(C)nc2=O)c(C)c1. The highest BCUT2D eigenvalue weighted by molar-refractivity contribution is 5.75. The Balaban J connectivity index is 1.79. The molecule has 0 unspecified atom stereocenters. The maximum Gasteiger partial charge on any atom is 0.347 e. The first-order chi connectivity index (χ1) is 12.3. The summed E-state index contributed by atoms with van der Waals surface area (Å²) < 4.78 is 7.32. The summed E-state index contributed by atoms with van der Waals surface area (Å²) in [7, 11) is 0. The van der Waals surface area contributed by atoms with Gasteiger partial charge in [-0.1, -0.05) is 17.7 Å². The van der Waals surface area contributed by atoms with Crippen molar-refractivity contribution in [1.82, 2.24) is 14.9 Å². The van der Waals surface area contributed by atoms with Gasteiger partial charge in [0.25, 0.3) is 0 Å². The molecule has 0 fully saturated rings. The average Bonchev–Trinajstić information content (AvgIpc) is 2.52. The smallest absolute Gasteiger partial charge is 0.347 e. The van der Waals surface area contributed by atoms with E-state index >= 15 is 0 Å². The van der Waals surface area contributed by atoms with Crippen molar-refractivity contribution in [1.29, 1.82) is 0 Å². The van der Waals surface area contributed by atoms with Crippen LogP contribution in [0, 0.1) is 34.6 Å². The highest BCUT2D eigenvalue weighted by atomic mass is 16.5. The van der Waals surface area contributed by atoms with Gasteiger partial charge in [-0.2, -0.15) is 4.98 Å². The number of rotatable bonds is 7. The molecule has 0 aliphatic rings. The Morgan fingerprint density at radius 2 is 1.77 bits per heavy atom. The second-order valence-electron chi connectivity index (χ2n) is 6.65. The first-order valence-corrected chi connectivity index (χ1v) is 8.80. The van der Waals surface area contributed by atoms with Crippen molar-refractivity contribution >= 4 is 5.91 Å². The van der Waals surface area contributed by atoms with Crippen LogP contribution in [0.25, 0.3) is 0 Å². The summed E-state index contributed by atoms with van der Waals surface area (Å²) in [4.78, 5) is 27.8. The minimum absolute atomic E-state index is 0.113. The van der Waals surface area contributed by atoms with Crippen molar-refractivity contribution in [3.05, 3.63) is 56.8 Å². The van der Waals surface area contributed by atoms with E-state index in [1.807, 2.05) is 26.8 Å². The zero-order chi connectivity index (χ0) is 19.3. The summed E-state index contributed by atoms with van der Waals surface area (Å²) in [5.41, 5.74) is 4.57. The second kappa shape index (κ2) is 8.65. The zero-order valence-corrected chi connectivity index (χ0v) is 16.2. The van der Waals surface area contributed by atoms with Crippen molar-refractivity contribution in [2.45, 2.75) is 47.6 Å². The van der Waals surface area contributed by atoms with E-state index < -0.39 is 0 Å². The van der Waals surface area contributed by atoms with E-state index in [1.54, 1.807) is 6.92 Å². The van der Waals surface area contributed by atoms with Crippen LogP contribution in [0.3, 0.4) is 0 Å². The lowest BCUT2D eigenvalue weighted by molar-refractivity contribution is -0.121. The fourth-order valence-electron chi connectivity index (χ4n) is 3.09. The molecule has 0 spiro atoms. The number of benzene rings is 1. The number of nitrogens with one attached hydrogen (secondary N) is 1. The van der Waals surface area contributed by atoms with Gasteiger partial charge in [0.05, 0.1) is 6.54 Å². The van der Waals surface area contributed by atoms with Crippen molar-refractivity contribution in [3.8, 4) is 5.75 Å². The average molecular weight is 357 g/mol. The minimum Gasteiger partial charge on any atom is -0.491 e. The highest BCUT2D eigenvalue weighted by Gasteiger charge is 2.08. The van der Waals surface area contributed by atoms with Crippen LogP contribution in [-0.4, -0.2) is 28.6 Å². The molecule has 6 nitrogen and oxygen atoms in total. The fourth-order valence-corrected chi connectivity index (χ4v) is 3.09. The second-order valence-corrected chi connectivity index (χ2v) is 6.65. The molecule has 0 saturated heterocycles. The van der Waals surface area contributed by atoms with Crippen LogP contribution in [0.15, 0.2) is 23.0 Å². The lowest BCUT2D eigenvalue weighted by Gasteiger charge is -2.14. The number of aromatic nitrogens is 2. The van der Waals surface area contributed by atoms with Gasteiger partial charge in [-0.15, -0.1) is 0 Å². The zero-order valence-electron chi connectivity index (χ0n) is 16.2. The van der Waals surface area contributed by atoms with Gasteiger partial charge >= 0.3 is 5.69 Å². The molecule has 1 aromatic heterocycles. The summed E-state index contributed by atoms with van der Waals surface area (Å²) in [6, 6.07) is 5.99. The first-order valence-electron chi connectivity index (χ1n) is 8.80. The summed E-state index contributed by atoms with van der Waals surface area (Å²) in [6.07, 6.45) is 0.230. The Labute approximate surface area is 154 Å². The van der Waals surface area contributed by atoms with Crippen LogP contribution >= 0.6 is 0 Å². The van der Waals surface area contributed by atoms with Crippen LogP contribution in [0.4, 0.5) is 0 Å². The number of ether oxygens (including phenoxy) is 1. The van der Waals surface area contributed by atoms with E-state index in [1.165, 1.54) is 10.1 Å². The molecule has 1 aromatic carbocycles. The molecule has 0 radical (unpaired) electrons. The number of aryl methyl sites for hydroxylation is 5. The van der Waals surface area contributed by atoms with E-state index in [2.05, 4.69) is 29.4 Å². The maximum absolute atomic E-state index is 12.0. The number of hydrogen-bond donors (Lipinski definition) is 1. The third-order valence-corrected chi connectivity index (χ3v) is 4.18. The van der Waals surface area contributed by atoms with E-state index in [9.17, 15) is 9.59 Å². The Hall–Kier alpha value is -2.63. The van der Waals surface area contributed by atoms with E-state index in [4.69, 9.17) is 4.74 Å². The predicted molar refractivity (Wildman–Crippen MR) is 102 cm³/mol. The molecule has 1 N–H and O–H groups in total. The molecule has 2 aromatic rings. The number of nitrogens with zero attached hydrogens (tertiary/aromatic N) is 2. The van der Waals surface area contributed by atoms with Gasteiger partial charge in [0.15, 0.2) is 0 Å². The van der Waals surface area contributed by atoms with Crippen molar-refractivity contribution in [2.75, 3.05) is 13.2 Å². The van der Waals surface area contributed by atoms with Gasteiger partial charge in [0.2, 0.25) is 5.91 Å². The van der Waals surface area contributed by atoms with Gasteiger partial charge in [-0.05, 0) is 51.8 Å². The molecule has 1 amide bonds. The van der Waals surface area contributed by atoms with Gasteiger partial charge in [0, 0.05) is 24.4 Å². The molecule has 0 aliphatic heterocycles. The van der Waals surface area contributed by atoms with Crippen LogP contribution in [0.2, 0.25) is 0 Å². The van der Waals surface area contributed by atoms with Gasteiger partial charge in [-0.3, -0.25) is 9.36 Å². The van der Waals surface area contributed by atoms with Crippen LogP contribution in [0.1, 0.15) is 34.5 Å². The summed E-state index contributed by atoms with van der Waals surface area (Å²) in [5.74, 6) is 0.760. The summed E-state index contributed by atoms with van der Waals surface area (Å²) in [5, 5.41) is 2.82. The molecule has 0 saturated carbocycles. The van der Waals surface area contributed by atoms with E-state index in [0.717, 1.165) is 22.6 Å². The molecular formula is C20H27N3O3. The van der Waals surface area contributed by atoms with Crippen LogP contribution < -0.4 is 15.7 Å². The number of hydrogen-bond acceptors (Lipinski definition) is 4. The Morgan fingerprint density at radius 1 is 1.12 bits per heavy atom. The number of carbonyl (C=O) groups excluding carboxylic acids is 1. The first kappa shape index (κ1) is 19.7. The van der Waals surface area contributed by atoms with Crippen LogP contribution in [0.5, 0.6) is 5.75 Å². The Kier molecular flexibility index (Phi) is 6.55. The molecule has 140 valence electrons. The van der Waals surface area contributed by atoms with Crippen molar-refractivity contribution in [2.24, 2.45) is 0 Å². The van der Waals surface area contributed by atoms with E-state index in [0.29, 0.717) is 25.4 Å². The molecular weight excluding hydrogens is 330 g/mol.